The molecule has 4 aromatic rings. The zero-order valence-corrected chi connectivity index (χ0v) is 13.3. The number of aromatic nitrogens is 1. The molecule has 1 N–H and O–H groups in total. The van der Waals surface area contributed by atoms with E-state index in [4.69, 9.17) is 0 Å². The Bertz CT molecular complexity index is 1010. The third kappa shape index (κ3) is 2.44. The van der Waals surface area contributed by atoms with Crippen LogP contribution in [0, 0.1) is 0 Å². The van der Waals surface area contributed by atoms with Gasteiger partial charge in [0.2, 0.25) is 0 Å². The molecule has 1 heterocycles. The first-order valence-corrected chi connectivity index (χ1v) is 7.95. The van der Waals surface area contributed by atoms with Crippen molar-refractivity contribution in [1.29, 1.82) is 0 Å². The molecular weight excluding hydrogens is 278 g/mol. The Hall–Kier alpha value is -2.80. The fraction of sp³-hybridized carbons (Fsp3) is 0.0909. The van der Waals surface area contributed by atoms with Gasteiger partial charge in [0.15, 0.2) is 0 Å². The van der Waals surface area contributed by atoms with Crippen LogP contribution < -0.4 is 0 Å². The number of para-hydroxylation sites is 1. The molecule has 0 saturated heterocycles. The molecule has 0 spiro atoms. The highest BCUT2D eigenvalue weighted by molar-refractivity contribution is 6.08. The van der Waals surface area contributed by atoms with Crippen molar-refractivity contribution in [3.05, 3.63) is 84.4 Å². The van der Waals surface area contributed by atoms with Crippen molar-refractivity contribution in [2.24, 2.45) is 0 Å². The highest BCUT2D eigenvalue weighted by Gasteiger charge is 2.11. The standard InChI is InChI=1S/C22H19N/c1-15(2)12-17-13-20-18-10-6-7-11-21(18)23-22(20)14-19(17)16-8-4-3-5-9-16/h3-11,13-14,23H,1,12H2,2H3. The molecule has 0 radical (unpaired) electrons. The predicted molar refractivity (Wildman–Crippen MR) is 99.8 cm³/mol. The van der Waals surface area contributed by atoms with Crippen LogP contribution in [-0.4, -0.2) is 4.98 Å². The maximum Gasteiger partial charge on any atom is 0.0471 e. The van der Waals surface area contributed by atoms with E-state index in [1.165, 1.54) is 44.1 Å². The maximum absolute atomic E-state index is 4.11. The third-order valence-corrected chi connectivity index (χ3v) is 4.31. The lowest BCUT2D eigenvalue weighted by Gasteiger charge is -2.11. The molecule has 0 saturated carbocycles. The van der Waals surface area contributed by atoms with Crippen molar-refractivity contribution in [1.82, 2.24) is 4.98 Å². The van der Waals surface area contributed by atoms with Gasteiger partial charge in [-0.05, 0) is 48.2 Å². The van der Waals surface area contributed by atoms with Gasteiger partial charge in [0.25, 0.3) is 0 Å². The Labute approximate surface area is 136 Å². The first-order chi connectivity index (χ1) is 11.2. The average Bonchev–Trinajstić information content (AvgIpc) is 2.92. The van der Waals surface area contributed by atoms with Crippen molar-refractivity contribution in [3.8, 4) is 11.1 Å². The van der Waals surface area contributed by atoms with Gasteiger partial charge in [-0.2, -0.15) is 0 Å². The fourth-order valence-electron chi connectivity index (χ4n) is 3.30. The quantitative estimate of drug-likeness (QED) is 0.439. The number of hydrogen-bond donors (Lipinski definition) is 1. The summed E-state index contributed by atoms with van der Waals surface area (Å²) in [6.07, 6.45) is 0.902. The molecule has 0 unspecified atom stereocenters. The van der Waals surface area contributed by atoms with Crippen molar-refractivity contribution in [3.63, 3.8) is 0 Å². The van der Waals surface area contributed by atoms with Gasteiger partial charge in [0.1, 0.15) is 0 Å². The molecule has 0 amide bonds. The van der Waals surface area contributed by atoms with Gasteiger partial charge in [0, 0.05) is 21.8 Å². The molecule has 23 heavy (non-hydrogen) atoms. The monoisotopic (exact) mass is 297 g/mol. The molecule has 0 bridgehead atoms. The van der Waals surface area contributed by atoms with E-state index in [1.54, 1.807) is 0 Å². The van der Waals surface area contributed by atoms with E-state index < -0.39 is 0 Å². The SMILES string of the molecule is C=C(C)Cc1cc2c(cc1-c1ccccc1)[nH]c1ccccc12. The molecule has 1 heteroatoms. The fourth-order valence-corrected chi connectivity index (χ4v) is 3.30. The van der Waals surface area contributed by atoms with Crippen LogP contribution in [0.2, 0.25) is 0 Å². The van der Waals surface area contributed by atoms with E-state index in [1.807, 2.05) is 0 Å². The van der Waals surface area contributed by atoms with E-state index in [0.717, 1.165) is 6.42 Å². The summed E-state index contributed by atoms with van der Waals surface area (Å²) in [6.45, 7) is 6.20. The number of H-pyrrole nitrogens is 1. The highest BCUT2D eigenvalue weighted by atomic mass is 14.7. The first kappa shape index (κ1) is 13.8. The first-order valence-electron chi connectivity index (χ1n) is 7.95. The Kier molecular flexibility index (Phi) is 3.27. The molecule has 0 aliphatic carbocycles. The van der Waals surface area contributed by atoms with Gasteiger partial charge in [-0.25, -0.2) is 0 Å². The van der Waals surface area contributed by atoms with Crippen LogP contribution in [0.4, 0.5) is 0 Å². The lowest BCUT2D eigenvalue weighted by molar-refractivity contribution is 1.16. The van der Waals surface area contributed by atoms with E-state index in [2.05, 4.69) is 85.2 Å². The number of allylic oxidation sites excluding steroid dienone is 1. The maximum atomic E-state index is 4.11. The molecule has 3 aromatic carbocycles. The van der Waals surface area contributed by atoms with Crippen LogP contribution in [0.25, 0.3) is 32.9 Å². The molecule has 0 aliphatic rings. The second kappa shape index (κ2) is 5.44. The van der Waals surface area contributed by atoms with Crippen molar-refractivity contribution < 1.29 is 0 Å². The smallest absolute Gasteiger partial charge is 0.0471 e. The molecular formula is C22H19N. The topological polar surface area (TPSA) is 15.8 Å². The number of aromatic amines is 1. The zero-order valence-electron chi connectivity index (χ0n) is 13.3. The van der Waals surface area contributed by atoms with Crippen LogP contribution in [0.15, 0.2) is 78.9 Å². The van der Waals surface area contributed by atoms with Gasteiger partial charge in [0.05, 0.1) is 0 Å². The summed E-state index contributed by atoms with van der Waals surface area (Å²) in [5.74, 6) is 0. The number of fused-ring (bicyclic) bond motifs is 3. The summed E-state index contributed by atoms with van der Waals surface area (Å²) in [7, 11) is 0. The normalized spacial score (nSPS) is 11.2. The van der Waals surface area contributed by atoms with Gasteiger partial charge >= 0.3 is 0 Å². The average molecular weight is 297 g/mol. The Morgan fingerprint density at radius 3 is 2.39 bits per heavy atom. The zero-order chi connectivity index (χ0) is 15.8. The van der Waals surface area contributed by atoms with Gasteiger partial charge in [-0.1, -0.05) is 60.7 Å². The third-order valence-electron chi connectivity index (χ3n) is 4.31. The van der Waals surface area contributed by atoms with E-state index >= 15 is 0 Å². The van der Waals surface area contributed by atoms with Gasteiger partial charge in [-0.15, -0.1) is 0 Å². The van der Waals surface area contributed by atoms with Crippen LogP contribution in [0.5, 0.6) is 0 Å². The summed E-state index contributed by atoms with van der Waals surface area (Å²) in [4.78, 5) is 3.55. The van der Waals surface area contributed by atoms with Crippen LogP contribution in [0.1, 0.15) is 12.5 Å². The molecule has 1 aromatic heterocycles. The van der Waals surface area contributed by atoms with E-state index in [0.29, 0.717) is 0 Å². The largest absolute Gasteiger partial charge is 0.354 e. The Balaban J connectivity index is 2.03. The molecule has 0 aliphatic heterocycles. The van der Waals surface area contributed by atoms with Crippen LogP contribution in [0.3, 0.4) is 0 Å². The molecule has 112 valence electrons. The van der Waals surface area contributed by atoms with Crippen molar-refractivity contribution >= 4 is 21.8 Å². The molecule has 4 rings (SSSR count). The summed E-state index contributed by atoms with van der Waals surface area (Å²) in [5, 5.41) is 2.57. The molecule has 1 nitrogen and oxygen atoms in total. The molecule has 0 atom stereocenters. The molecule has 0 fully saturated rings. The minimum Gasteiger partial charge on any atom is -0.354 e. The second-order valence-corrected chi connectivity index (χ2v) is 6.23. The summed E-state index contributed by atoms with van der Waals surface area (Å²) >= 11 is 0. The van der Waals surface area contributed by atoms with E-state index in [-0.39, 0.29) is 0 Å². The van der Waals surface area contributed by atoms with Crippen LogP contribution in [-0.2, 0) is 6.42 Å². The lowest BCUT2D eigenvalue weighted by atomic mass is 9.93. The summed E-state index contributed by atoms with van der Waals surface area (Å²) in [5.41, 5.74) is 7.43. The number of hydrogen-bond acceptors (Lipinski definition) is 0. The minimum atomic E-state index is 0.902. The Morgan fingerprint density at radius 1 is 0.870 bits per heavy atom. The number of nitrogens with one attached hydrogen (secondary N) is 1. The Morgan fingerprint density at radius 2 is 1.61 bits per heavy atom. The van der Waals surface area contributed by atoms with Crippen molar-refractivity contribution in [2.75, 3.05) is 0 Å². The number of benzene rings is 3. The lowest BCUT2D eigenvalue weighted by Crippen LogP contribution is -1.91. The van der Waals surface area contributed by atoms with Crippen LogP contribution >= 0.6 is 0 Å². The minimum absolute atomic E-state index is 0.902. The summed E-state index contributed by atoms with van der Waals surface area (Å²) in [6, 6.07) is 23.7. The number of rotatable bonds is 3. The van der Waals surface area contributed by atoms with E-state index in [9.17, 15) is 0 Å². The second-order valence-electron chi connectivity index (χ2n) is 6.23. The highest BCUT2D eigenvalue weighted by Crippen LogP contribution is 2.33. The van der Waals surface area contributed by atoms with Gasteiger partial charge in [-0.3, -0.25) is 0 Å². The predicted octanol–water partition coefficient (Wildman–Crippen LogP) is 6.11. The van der Waals surface area contributed by atoms with Gasteiger partial charge < -0.3 is 4.98 Å². The van der Waals surface area contributed by atoms with Crippen molar-refractivity contribution in [2.45, 2.75) is 13.3 Å². The summed E-state index contributed by atoms with van der Waals surface area (Å²) < 4.78 is 0.